The van der Waals surface area contributed by atoms with E-state index in [4.69, 9.17) is 10.5 Å². The lowest BCUT2D eigenvalue weighted by molar-refractivity contribution is 0.0787. The number of nitrogens with one attached hydrogen (secondary N) is 2. The first-order valence-electron chi connectivity index (χ1n) is 7.62. The minimum atomic E-state index is -0.0502. The van der Waals surface area contributed by atoms with Gasteiger partial charge in [0, 0.05) is 30.6 Å². The van der Waals surface area contributed by atoms with Gasteiger partial charge >= 0.3 is 0 Å². The summed E-state index contributed by atoms with van der Waals surface area (Å²) >= 11 is 0. The lowest BCUT2D eigenvalue weighted by atomic mass is 10.1. The summed E-state index contributed by atoms with van der Waals surface area (Å²) in [6, 6.07) is 5.73. The fourth-order valence-electron chi connectivity index (χ4n) is 2.01. The molecule has 5 nitrogen and oxygen atoms in total. The molecular weight excluding hydrogens is 266 g/mol. The number of carbonyl (C=O) groups is 1. The number of nitrogens with two attached hydrogens (primary N) is 1. The predicted octanol–water partition coefficient (Wildman–Crippen LogP) is 2.39. The van der Waals surface area contributed by atoms with Crippen molar-refractivity contribution in [1.29, 1.82) is 0 Å². The van der Waals surface area contributed by atoms with Crippen LogP contribution in [0, 0.1) is 0 Å². The van der Waals surface area contributed by atoms with E-state index in [1.165, 1.54) is 0 Å². The number of benzene rings is 1. The molecule has 1 saturated carbocycles. The van der Waals surface area contributed by atoms with Crippen molar-refractivity contribution in [2.45, 2.75) is 45.3 Å². The second-order valence-electron chi connectivity index (χ2n) is 5.75. The Balaban J connectivity index is 1.89. The Morgan fingerprint density at radius 3 is 2.86 bits per heavy atom. The molecule has 0 heterocycles. The zero-order chi connectivity index (χ0) is 15.2. The standard InChI is InChI=1S/C16H25N3O2/c1-11(2)21-9-3-8-18-15-7-4-12(17)10-14(15)16(20)19-13-5-6-13/h4,7,10-11,13,18H,3,5-6,8-9,17H2,1-2H3,(H,19,20). The molecule has 1 aromatic rings. The van der Waals surface area contributed by atoms with Crippen molar-refractivity contribution >= 4 is 17.3 Å². The third-order valence-corrected chi connectivity index (χ3v) is 3.29. The zero-order valence-electron chi connectivity index (χ0n) is 12.8. The molecule has 1 amide bonds. The Kier molecular flexibility index (Phi) is 5.44. The quantitative estimate of drug-likeness (QED) is 0.508. The number of ether oxygens (including phenoxy) is 1. The number of hydrogen-bond donors (Lipinski definition) is 3. The van der Waals surface area contributed by atoms with Gasteiger partial charge in [-0.05, 0) is 51.3 Å². The maximum Gasteiger partial charge on any atom is 0.253 e. The van der Waals surface area contributed by atoms with E-state index in [1.807, 2.05) is 19.9 Å². The van der Waals surface area contributed by atoms with Crippen molar-refractivity contribution in [3.05, 3.63) is 23.8 Å². The monoisotopic (exact) mass is 291 g/mol. The summed E-state index contributed by atoms with van der Waals surface area (Å²) in [6.45, 7) is 5.52. The number of nitrogen functional groups attached to an aromatic ring is 1. The number of carbonyl (C=O) groups excluding carboxylic acids is 1. The summed E-state index contributed by atoms with van der Waals surface area (Å²) in [4.78, 5) is 12.2. The molecule has 0 unspecified atom stereocenters. The van der Waals surface area contributed by atoms with Gasteiger partial charge in [0.15, 0.2) is 0 Å². The van der Waals surface area contributed by atoms with Gasteiger partial charge in [-0.3, -0.25) is 4.79 Å². The molecule has 116 valence electrons. The lowest BCUT2D eigenvalue weighted by Crippen LogP contribution is -2.26. The molecule has 0 radical (unpaired) electrons. The average Bonchev–Trinajstić information content (AvgIpc) is 3.23. The lowest BCUT2D eigenvalue weighted by Gasteiger charge is -2.13. The van der Waals surface area contributed by atoms with Crippen LogP contribution in [0.15, 0.2) is 18.2 Å². The molecule has 21 heavy (non-hydrogen) atoms. The van der Waals surface area contributed by atoms with Gasteiger partial charge in [0.05, 0.1) is 11.7 Å². The third kappa shape index (κ3) is 5.27. The van der Waals surface area contributed by atoms with E-state index in [2.05, 4.69) is 10.6 Å². The van der Waals surface area contributed by atoms with Crippen LogP contribution < -0.4 is 16.4 Å². The van der Waals surface area contributed by atoms with E-state index in [1.54, 1.807) is 12.1 Å². The van der Waals surface area contributed by atoms with E-state index in [0.717, 1.165) is 31.5 Å². The number of amides is 1. The molecule has 0 saturated heterocycles. The van der Waals surface area contributed by atoms with Gasteiger partial charge in [-0.15, -0.1) is 0 Å². The van der Waals surface area contributed by atoms with Crippen LogP contribution in [0.5, 0.6) is 0 Å². The van der Waals surface area contributed by atoms with Crippen LogP contribution in [0.25, 0.3) is 0 Å². The summed E-state index contributed by atoms with van der Waals surface area (Å²) in [5.41, 5.74) is 7.84. The number of hydrogen-bond acceptors (Lipinski definition) is 4. The van der Waals surface area contributed by atoms with Crippen LogP contribution in [0.4, 0.5) is 11.4 Å². The maximum absolute atomic E-state index is 12.2. The molecule has 0 bridgehead atoms. The van der Waals surface area contributed by atoms with Crippen molar-refractivity contribution in [1.82, 2.24) is 5.32 Å². The minimum Gasteiger partial charge on any atom is -0.399 e. The topological polar surface area (TPSA) is 76.4 Å². The van der Waals surface area contributed by atoms with Crippen molar-refractivity contribution in [3.8, 4) is 0 Å². The van der Waals surface area contributed by atoms with Gasteiger partial charge in [0.2, 0.25) is 0 Å². The molecule has 4 N–H and O–H groups in total. The van der Waals surface area contributed by atoms with Gasteiger partial charge in [0.25, 0.3) is 5.91 Å². The van der Waals surface area contributed by atoms with Gasteiger partial charge < -0.3 is 21.1 Å². The first-order valence-corrected chi connectivity index (χ1v) is 7.62. The fourth-order valence-corrected chi connectivity index (χ4v) is 2.01. The van der Waals surface area contributed by atoms with Gasteiger partial charge in [0.1, 0.15) is 0 Å². The van der Waals surface area contributed by atoms with Gasteiger partial charge in [-0.1, -0.05) is 0 Å². The summed E-state index contributed by atoms with van der Waals surface area (Å²) in [7, 11) is 0. The molecular formula is C16H25N3O2. The highest BCUT2D eigenvalue weighted by Gasteiger charge is 2.24. The molecule has 0 aliphatic heterocycles. The van der Waals surface area contributed by atoms with E-state index in [-0.39, 0.29) is 12.0 Å². The molecule has 1 fully saturated rings. The van der Waals surface area contributed by atoms with Gasteiger partial charge in [-0.2, -0.15) is 0 Å². The Morgan fingerprint density at radius 2 is 2.19 bits per heavy atom. The van der Waals surface area contributed by atoms with E-state index in [0.29, 0.717) is 23.9 Å². The highest BCUT2D eigenvalue weighted by atomic mass is 16.5. The molecule has 0 aromatic heterocycles. The van der Waals surface area contributed by atoms with Crippen LogP contribution in [0.1, 0.15) is 43.5 Å². The van der Waals surface area contributed by atoms with Gasteiger partial charge in [-0.25, -0.2) is 0 Å². The smallest absolute Gasteiger partial charge is 0.253 e. The molecule has 0 atom stereocenters. The first kappa shape index (κ1) is 15.6. The maximum atomic E-state index is 12.2. The molecule has 2 rings (SSSR count). The predicted molar refractivity (Wildman–Crippen MR) is 85.5 cm³/mol. The summed E-state index contributed by atoms with van der Waals surface area (Å²) in [5, 5.41) is 6.29. The molecule has 5 heteroatoms. The Hall–Kier alpha value is -1.75. The number of rotatable bonds is 8. The fraction of sp³-hybridized carbons (Fsp3) is 0.562. The highest BCUT2D eigenvalue weighted by molar-refractivity contribution is 6.00. The van der Waals surface area contributed by atoms with Crippen molar-refractivity contribution in [2.24, 2.45) is 0 Å². The van der Waals surface area contributed by atoms with E-state index >= 15 is 0 Å². The van der Waals surface area contributed by atoms with Crippen LogP contribution in [0.2, 0.25) is 0 Å². The second kappa shape index (κ2) is 7.31. The highest BCUT2D eigenvalue weighted by Crippen LogP contribution is 2.23. The molecule has 1 aliphatic rings. The zero-order valence-corrected chi connectivity index (χ0v) is 12.8. The van der Waals surface area contributed by atoms with Crippen LogP contribution >= 0.6 is 0 Å². The number of anilines is 2. The van der Waals surface area contributed by atoms with E-state index in [9.17, 15) is 4.79 Å². The van der Waals surface area contributed by atoms with Crippen LogP contribution in [0.3, 0.4) is 0 Å². The van der Waals surface area contributed by atoms with Crippen molar-refractivity contribution in [2.75, 3.05) is 24.2 Å². The van der Waals surface area contributed by atoms with Crippen molar-refractivity contribution < 1.29 is 9.53 Å². The average molecular weight is 291 g/mol. The first-order chi connectivity index (χ1) is 10.1. The Labute approximate surface area is 126 Å². The SMILES string of the molecule is CC(C)OCCCNc1ccc(N)cc1C(=O)NC1CC1. The summed E-state index contributed by atoms with van der Waals surface area (Å²) in [6.07, 6.45) is 3.29. The minimum absolute atomic E-state index is 0.0502. The molecule has 1 aromatic carbocycles. The Morgan fingerprint density at radius 1 is 1.43 bits per heavy atom. The largest absolute Gasteiger partial charge is 0.399 e. The molecule has 1 aliphatic carbocycles. The van der Waals surface area contributed by atoms with E-state index < -0.39 is 0 Å². The summed E-state index contributed by atoms with van der Waals surface area (Å²) < 4.78 is 5.50. The van der Waals surface area contributed by atoms with Crippen molar-refractivity contribution in [3.63, 3.8) is 0 Å². The summed E-state index contributed by atoms with van der Waals surface area (Å²) in [5.74, 6) is -0.0502. The third-order valence-electron chi connectivity index (χ3n) is 3.29. The Bertz CT molecular complexity index is 484. The second-order valence-corrected chi connectivity index (χ2v) is 5.75. The normalized spacial score (nSPS) is 14.2. The van der Waals surface area contributed by atoms with Crippen LogP contribution in [-0.4, -0.2) is 31.2 Å². The van der Waals surface area contributed by atoms with Crippen LogP contribution in [-0.2, 0) is 4.74 Å². The molecule has 0 spiro atoms.